The molecule has 2 fully saturated rings. The third-order valence-electron chi connectivity index (χ3n) is 3.53. The van der Waals surface area contributed by atoms with Crippen molar-refractivity contribution in [3.63, 3.8) is 0 Å². The number of rotatable bonds is 1. The molecule has 0 aliphatic carbocycles. The van der Waals surface area contributed by atoms with Gasteiger partial charge in [-0.3, -0.25) is 0 Å². The molecule has 2 rings (SSSR count). The summed E-state index contributed by atoms with van der Waals surface area (Å²) in [5.41, 5.74) is -0.983. The summed E-state index contributed by atoms with van der Waals surface area (Å²) < 4.78 is 16.9. The maximum Gasteiger partial charge on any atom is 0.410 e. The fraction of sp³-hybridized carbons (Fsp3) is 0.929. The molecule has 20 heavy (non-hydrogen) atoms. The van der Waals surface area contributed by atoms with Gasteiger partial charge in [0.05, 0.1) is 32.4 Å². The number of amides is 1. The topological polar surface area (TPSA) is 68.2 Å². The van der Waals surface area contributed by atoms with Gasteiger partial charge in [0, 0.05) is 6.61 Å². The second kappa shape index (κ2) is 5.87. The molecule has 6 nitrogen and oxygen atoms in total. The minimum Gasteiger partial charge on any atom is -0.444 e. The first-order valence-corrected chi connectivity index (χ1v) is 7.18. The highest BCUT2D eigenvalue weighted by atomic mass is 16.6. The summed E-state index contributed by atoms with van der Waals surface area (Å²) in [6, 6.07) is 0. The van der Waals surface area contributed by atoms with Crippen LogP contribution in [-0.4, -0.2) is 66.3 Å². The number of carbonyl (C=O) groups is 1. The largest absolute Gasteiger partial charge is 0.444 e. The highest BCUT2D eigenvalue weighted by Crippen LogP contribution is 2.30. The van der Waals surface area contributed by atoms with E-state index in [4.69, 9.17) is 14.2 Å². The lowest BCUT2D eigenvalue weighted by Crippen LogP contribution is -2.48. The van der Waals surface area contributed by atoms with Gasteiger partial charge in [-0.1, -0.05) is 0 Å². The van der Waals surface area contributed by atoms with Gasteiger partial charge in [-0.25, -0.2) is 4.79 Å². The first-order chi connectivity index (χ1) is 9.34. The van der Waals surface area contributed by atoms with E-state index >= 15 is 0 Å². The highest BCUT2D eigenvalue weighted by Gasteiger charge is 2.42. The standard InChI is InChI=1S/C14H25NO5/c1-13(2,3)20-12(17)15-7-11(8-16)18-10-14(9-15)5-4-6-19-14/h11,16H,4-10H2,1-3H3/t11-,14?/m0/s1. The molecule has 0 aromatic heterocycles. The van der Waals surface area contributed by atoms with Gasteiger partial charge < -0.3 is 24.2 Å². The number of nitrogens with zero attached hydrogens (tertiary/aromatic N) is 1. The zero-order valence-electron chi connectivity index (χ0n) is 12.6. The number of ether oxygens (including phenoxy) is 3. The SMILES string of the molecule is CC(C)(C)OC(=O)N1C[C@@H](CO)OCC2(CCCO2)C1. The van der Waals surface area contributed by atoms with Crippen molar-refractivity contribution in [2.24, 2.45) is 0 Å². The Morgan fingerprint density at radius 2 is 2.25 bits per heavy atom. The molecule has 0 bridgehead atoms. The minimum absolute atomic E-state index is 0.116. The molecule has 0 aromatic carbocycles. The van der Waals surface area contributed by atoms with E-state index in [1.54, 1.807) is 4.90 Å². The molecule has 1 unspecified atom stereocenters. The van der Waals surface area contributed by atoms with E-state index in [1.807, 2.05) is 20.8 Å². The zero-order chi connectivity index (χ0) is 14.8. The third kappa shape index (κ3) is 3.84. The Labute approximate surface area is 120 Å². The van der Waals surface area contributed by atoms with Crippen molar-refractivity contribution in [1.82, 2.24) is 4.90 Å². The molecule has 6 heteroatoms. The molecule has 1 spiro atoms. The average molecular weight is 287 g/mol. The molecule has 1 amide bonds. The van der Waals surface area contributed by atoms with Crippen molar-refractivity contribution in [2.45, 2.75) is 50.9 Å². The Balaban J connectivity index is 2.09. The van der Waals surface area contributed by atoms with E-state index in [0.717, 1.165) is 12.8 Å². The van der Waals surface area contributed by atoms with Crippen molar-refractivity contribution in [3.05, 3.63) is 0 Å². The lowest BCUT2D eigenvalue weighted by molar-refractivity contribution is -0.0762. The van der Waals surface area contributed by atoms with Gasteiger partial charge >= 0.3 is 6.09 Å². The van der Waals surface area contributed by atoms with E-state index in [-0.39, 0.29) is 18.8 Å². The van der Waals surface area contributed by atoms with E-state index in [1.165, 1.54) is 0 Å². The van der Waals surface area contributed by atoms with Crippen LogP contribution >= 0.6 is 0 Å². The van der Waals surface area contributed by atoms with Gasteiger partial charge in [0.25, 0.3) is 0 Å². The van der Waals surface area contributed by atoms with Crippen LogP contribution in [0.2, 0.25) is 0 Å². The van der Waals surface area contributed by atoms with Crippen LogP contribution in [0.4, 0.5) is 4.79 Å². The number of hydrogen-bond donors (Lipinski definition) is 1. The van der Waals surface area contributed by atoms with Crippen LogP contribution in [0, 0.1) is 0 Å². The van der Waals surface area contributed by atoms with Gasteiger partial charge in [-0.05, 0) is 33.6 Å². The molecule has 0 saturated carbocycles. The highest BCUT2D eigenvalue weighted by molar-refractivity contribution is 5.68. The minimum atomic E-state index is -0.539. The van der Waals surface area contributed by atoms with Crippen molar-refractivity contribution in [1.29, 1.82) is 0 Å². The fourth-order valence-electron chi connectivity index (χ4n) is 2.60. The summed E-state index contributed by atoms with van der Waals surface area (Å²) in [6.45, 7) is 7.29. The van der Waals surface area contributed by atoms with Gasteiger partial charge in [0.2, 0.25) is 0 Å². The van der Waals surface area contributed by atoms with Crippen molar-refractivity contribution < 1.29 is 24.1 Å². The summed E-state index contributed by atoms with van der Waals surface area (Å²) >= 11 is 0. The Morgan fingerprint density at radius 1 is 1.50 bits per heavy atom. The number of carbonyl (C=O) groups excluding carboxylic acids is 1. The monoisotopic (exact) mass is 287 g/mol. The fourth-order valence-corrected chi connectivity index (χ4v) is 2.60. The van der Waals surface area contributed by atoms with Gasteiger partial charge in [-0.2, -0.15) is 0 Å². The maximum atomic E-state index is 12.3. The van der Waals surface area contributed by atoms with Crippen LogP contribution < -0.4 is 0 Å². The van der Waals surface area contributed by atoms with Crippen molar-refractivity contribution >= 4 is 6.09 Å². The predicted molar refractivity (Wildman–Crippen MR) is 72.5 cm³/mol. The zero-order valence-corrected chi connectivity index (χ0v) is 12.6. The molecule has 0 aromatic rings. The van der Waals surface area contributed by atoms with Gasteiger partial charge in [0.15, 0.2) is 0 Å². The number of aliphatic hydroxyl groups is 1. The van der Waals surface area contributed by atoms with Crippen molar-refractivity contribution in [2.75, 3.05) is 32.9 Å². The summed E-state index contributed by atoms with van der Waals surface area (Å²) in [6.07, 6.45) is 1.07. The smallest absolute Gasteiger partial charge is 0.410 e. The van der Waals surface area contributed by atoms with E-state index < -0.39 is 11.2 Å². The Morgan fingerprint density at radius 3 is 2.80 bits per heavy atom. The molecule has 1 N–H and O–H groups in total. The van der Waals surface area contributed by atoms with Crippen LogP contribution in [-0.2, 0) is 14.2 Å². The molecular weight excluding hydrogens is 262 g/mol. The molecule has 116 valence electrons. The second-order valence-corrected chi connectivity index (χ2v) is 6.61. The van der Waals surface area contributed by atoms with Crippen molar-refractivity contribution in [3.8, 4) is 0 Å². The van der Waals surface area contributed by atoms with E-state index in [9.17, 15) is 9.90 Å². The Hall–Kier alpha value is -0.850. The van der Waals surface area contributed by atoms with Gasteiger partial charge in [-0.15, -0.1) is 0 Å². The molecule has 2 heterocycles. The van der Waals surface area contributed by atoms with Crippen LogP contribution in [0.15, 0.2) is 0 Å². The first-order valence-electron chi connectivity index (χ1n) is 7.18. The molecule has 2 aliphatic rings. The normalized spacial score (nSPS) is 31.4. The van der Waals surface area contributed by atoms with E-state index in [2.05, 4.69) is 0 Å². The number of aliphatic hydroxyl groups excluding tert-OH is 1. The molecular formula is C14H25NO5. The second-order valence-electron chi connectivity index (χ2n) is 6.61. The molecule has 2 saturated heterocycles. The predicted octanol–water partition coefficient (Wildman–Crippen LogP) is 1.16. The quantitative estimate of drug-likeness (QED) is 0.784. The molecule has 0 radical (unpaired) electrons. The third-order valence-corrected chi connectivity index (χ3v) is 3.53. The molecule has 2 atom stereocenters. The van der Waals surface area contributed by atoms with Crippen LogP contribution in [0.5, 0.6) is 0 Å². The van der Waals surface area contributed by atoms with E-state index in [0.29, 0.717) is 26.3 Å². The average Bonchev–Trinajstić information content (AvgIpc) is 2.70. The Kier molecular flexibility index (Phi) is 4.56. The summed E-state index contributed by atoms with van der Waals surface area (Å²) in [4.78, 5) is 13.9. The van der Waals surface area contributed by atoms with Gasteiger partial charge in [0.1, 0.15) is 11.2 Å². The Bertz CT molecular complexity index is 346. The maximum absolute atomic E-state index is 12.3. The number of hydrogen-bond acceptors (Lipinski definition) is 5. The molecule has 2 aliphatic heterocycles. The van der Waals surface area contributed by atoms with Crippen LogP contribution in [0.25, 0.3) is 0 Å². The summed E-state index contributed by atoms with van der Waals surface area (Å²) in [5.74, 6) is 0. The van der Waals surface area contributed by atoms with Crippen LogP contribution in [0.1, 0.15) is 33.6 Å². The van der Waals surface area contributed by atoms with Crippen LogP contribution in [0.3, 0.4) is 0 Å². The summed E-state index contributed by atoms with van der Waals surface area (Å²) in [7, 11) is 0. The first kappa shape index (κ1) is 15.5. The lowest BCUT2D eigenvalue weighted by Gasteiger charge is -2.32. The summed E-state index contributed by atoms with van der Waals surface area (Å²) in [5, 5.41) is 9.33. The lowest BCUT2D eigenvalue weighted by atomic mass is 10.0.